The molecule has 0 radical (unpaired) electrons. The number of rotatable bonds is 7. The molecule has 1 atom stereocenters. The molecule has 0 aromatic heterocycles. The highest BCUT2D eigenvalue weighted by molar-refractivity contribution is 7.89. The van der Waals surface area contributed by atoms with Gasteiger partial charge in [-0.15, -0.1) is 0 Å². The van der Waals surface area contributed by atoms with Gasteiger partial charge in [-0.2, -0.15) is 4.31 Å². The number of benzene rings is 2. The Morgan fingerprint density at radius 1 is 1.09 bits per heavy atom. The van der Waals surface area contributed by atoms with Crippen LogP contribution >= 0.6 is 0 Å². The van der Waals surface area contributed by atoms with Crippen LogP contribution in [0.2, 0.25) is 0 Å². The Balaban J connectivity index is 1.58. The van der Waals surface area contributed by atoms with Crippen molar-refractivity contribution in [2.45, 2.75) is 56.9 Å². The number of hydrogen-bond donors (Lipinski definition) is 2. The standard InChI is InChI=1S/C24H30FN3O4S/c1-3-18-7-10-20(11-8-18)27-24(30)23(29)26-14-13-21-6-4-5-15-28(21)33(31,32)22-12-9-19(25)16-17(22)2/h7-12,16,21H,3-6,13-15H2,1-2H3,(H,26,29)(H,27,30). The normalized spacial score (nSPS) is 16.9. The van der Waals surface area contributed by atoms with Crippen molar-refractivity contribution in [2.75, 3.05) is 18.4 Å². The Kier molecular flexibility index (Phi) is 8.20. The molecule has 1 unspecified atom stereocenters. The summed E-state index contributed by atoms with van der Waals surface area (Å²) in [6.45, 7) is 4.14. The summed E-state index contributed by atoms with van der Waals surface area (Å²) >= 11 is 0. The van der Waals surface area contributed by atoms with E-state index in [1.807, 2.05) is 19.1 Å². The molecule has 0 spiro atoms. The molecule has 0 bridgehead atoms. The van der Waals surface area contributed by atoms with Gasteiger partial charge in [0.15, 0.2) is 0 Å². The molecule has 9 heteroatoms. The van der Waals surface area contributed by atoms with Crippen molar-refractivity contribution in [3.05, 3.63) is 59.4 Å². The molecular weight excluding hydrogens is 445 g/mol. The van der Waals surface area contributed by atoms with Crippen molar-refractivity contribution in [2.24, 2.45) is 0 Å². The molecule has 178 valence electrons. The number of anilines is 1. The zero-order chi connectivity index (χ0) is 24.0. The summed E-state index contributed by atoms with van der Waals surface area (Å²) < 4.78 is 41.4. The highest BCUT2D eigenvalue weighted by atomic mass is 32.2. The summed E-state index contributed by atoms with van der Waals surface area (Å²) in [6.07, 6.45) is 3.53. The van der Waals surface area contributed by atoms with E-state index in [1.165, 1.54) is 16.4 Å². The fraction of sp³-hybridized carbons (Fsp3) is 0.417. The highest BCUT2D eigenvalue weighted by Gasteiger charge is 2.34. The van der Waals surface area contributed by atoms with Gasteiger partial charge < -0.3 is 10.6 Å². The Morgan fingerprint density at radius 3 is 2.48 bits per heavy atom. The van der Waals surface area contributed by atoms with Crippen LogP contribution in [0.4, 0.5) is 10.1 Å². The third-order valence-electron chi connectivity index (χ3n) is 5.89. The lowest BCUT2D eigenvalue weighted by Crippen LogP contribution is -2.46. The summed E-state index contributed by atoms with van der Waals surface area (Å²) in [6, 6.07) is 10.6. The number of halogens is 1. The number of amides is 2. The summed E-state index contributed by atoms with van der Waals surface area (Å²) in [4.78, 5) is 24.5. The fourth-order valence-corrected chi connectivity index (χ4v) is 5.98. The minimum Gasteiger partial charge on any atom is -0.348 e. The van der Waals surface area contributed by atoms with Crippen molar-refractivity contribution >= 4 is 27.5 Å². The number of carbonyl (C=O) groups excluding carboxylic acids is 2. The first-order valence-electron chi connectivity index (χ1n) is 11.2. The van der Waals surface area contributed by atoms with E-state index >= 15 is 0 Å². The van der Waals surface area contributed by atoms with Crippen LogP contribution in [0.3, 0.4) is 0 Å². The van der Waals surface area contributed by atoms with E-state index in [0.29, 0.717) is 30.6 Å². The Hall–Kier alpha value is -2.78. The lowest BCUT2D eigenvalue weighted by molar-refractivity contribution is -0.136. The largest absolute Gasteiger partial charge is 0.348 e. The Labute approximate surface area is 194 Å². The van der Waals surface area contributed by atoms with Crippen molar-refractivity contribution < 1.29 is 22.4 Å². The van der Waals surface area contributed by atoms with Crippen molar-refractivity contribution in [1.82, 2.24) is 9.62 Å². The molecule has 1 aliphatic heterocycles. The zero-order valence-corrected chi connectivity index (χ0v) is 19.8. The number of aryl methyl sites for hydroxylation is 2. The van der Waals surface area contributed by atoms with Gasteiger partial charge in [0.05, 0.1) is 4.90 Å². The van der Waals surface area contributed by atoms with Gasteiger partial charge in [0, 0.05) is 24.8 Å². The van der Waals surface area contributed by atoms with Crippen LogP contribution in [-0.2, 0) is 26.0 Å². The molecule has 1 aliphatic rings. The first kappa shape index (κ1) is 24.9. The molecule has 0 saturated carbocycles. The second-order valence-electron chi connectivity index (χ2n) is 8.22. The van der Waals surface area contributed by atoms with E-state index in [0.717, 1.165) is 30.9 Å². The van der Waals surface area contributed by atoms with Crippen LogP contribution in [0.15, 0.2) is 47.4 Å². The Bertz CT molecular complexity index is 1100. The number of hydrogen-bond acceptors (Lipinski definition) is 4. The predicted molar refractivity (Wildman–Crippen MR) is 125 cm³/mol. The van der Waals surface area contributed by atoms with Crippen LogP contribution in [0.1, 0.15) is 43.7 Å². The van der Waals surface area contributed by atoms with E-state index in [9.17, 15) is 22.4 Å². The van der Waals surface area contributed by atoms with Crippen LogP contribution in [-0.4, -0.2) is 43.7 Å². The molecule has 2 amide bonds. The number of nitrogens with zero attached hydrogens (tertiary/aromatic N) is 1. The quantitative estimate of drug-likeness (QED) is 0.600. The molecule has 1 fully saturated rings. The van der Waals surface area contributed by atoms with Gasteiger partial charge in [-0.1, -0.05) is 25.5 Å². The van der Waals surface area contributed by atoms with Crippen LogP contribution in [0.5, 0.6) is 0 Å². The molecule has 2 N–H and O–H groups in total. The van der Waals surface area contributed by atoms with E-state index in [4.69, 9.17) is 0 Å². The van der Waals surface area contributed by atoms with Crippen molar-refractivity contribution in [3.8, 4) is 0 Å². The van der Waals surface area contributed by atoms with E-state index in [-0.39, 0.29) is 17.5 Å². The lowest BCUT2D eigenvalue weighted by Gasteiger charge is -2.35. The second-order valence-corrected chi connectivity index (χ2v) is 10.1. The van der Waals surface area contributed by atoms with Crippen molar-refractivity contribution in [3.63, 3.8) is 0 Å². The minimum atomic E-state index is -3.80. The van der Waals surface area contributed by atoms with Gasteiger partial charge in [0.25, 0.3) is 0 Å². The average Bonchev–Trinajstić information content (AvgIpc) is 2.79. The topological polar surface area (TPSA) is 95.6 Å². The van der Waals surface area contributed by atoms with Gasteiger partial charge in [0.1, 0.15) is 5.82 Å². The smallest absolute Gasteiger partial charge is 0.313 e. The van der Waals surface area contributed by atoms with E-state index in [2.05, 4.69) is 10.6 Å². The van der Waals surface area contributed by atoms with Gasteiger partial charge in [-0.25, -0.2) is 12.8 Å². The highest BCUT2D eigenvalue weighted by Crippen LogP contribution is 2.28. The molecular formula is C24H30FN3O4S. The fourth-order valence-electron chi connectivity index (χ4n) is 4.05. The number of sulfonamides is 1. The summed E-state index contributed by atoms with van der Waals surface area (Å²) in [5.41, 5.74) is 2.02. The van der Waals surface area contributed by atoms with Gasteiger partial charge in [-0.3, -0.25) is 9.59 Å². The maximum absolute atomic E-state index is 13.5. The molecule has 7 nitrogen and oxygen atoms in total. The lowest BCUT2D eigenvalue weighted by atomic mass is 10.0. The van der Waals surface area contributed by atoms with E-state index < -0.39 is 27.7 Å². The first-order chi connectivity index (χ1) is 15.7. The van der Waals surface area contributed by atoms with Crippen LogP contribution in [0, 0.1) is 12.7 Å². The second kappa shape index (κ2) is 10.9. The number of piperidine rings is 1. The first-order valence-corrected chi connectivity index (χ1v) is 12.6. The molecule has 2 aromatic rings. The third-order valence-corrected chi connectivity index (χ3v) is 8.00. The molecule has 0 aliphatic carbocycles. The molecule has 3 rings (SSSR count). The molecule has 1 saturated heterocycles. The summed E-state index contributed by atoms with van der Waals surface area (Å²) in [7, 11) is -3.80. The maximum atomic E-state index is 13.5. The minimum absolute atomic E-state index is 0.0910. The molecule has 2 aromatic carbocycles. The maximum Gasteiger partial charge on any atom is 0.313 e. The Morgan fingerprint density at radius 2 is 1.82 bits per heavy atom. The SMILES string of the molecule is CCc1ccc(NC(=O)C(=O)NCCC2CCCCN2S(=O)(=O)c2ccc(F)cc2C)cc1. The van der Waals surface area contributed by atoms with Crippen LogP contribution < -0.4 is 10.6 Å². The molecule has 1 heterocycles. The third kappa shape index (κ3) is 6.17. The van der Waals surface area contributed by atoms with Crippen LogP contribution in [0.25, 0.3) is 0 Å². The monoisotopic (exact) mass is 475 g/mol. The van der Waals surface area contributed by atoms with Crippen molar-refractivity contribution in [1.29, 1.82) is 0 Å². The summed E-state index contributed by atoms with van der Waals surface area (Å²) in [5, 5.41) is 5.14. The molecule has 33 heavy (non-hydrogen) atoms. The predicted octanol–water partition coefficient (Wildman–Crippen LogP) is 3.38. The average molecular weight is 476 g/mol. The number of carbonyl (C=O) groups is 2. The number of nitrogens with one attached hydrogen (secondary N) is 2. The van der Waals surface area contributed by atoms with Gasteiger partial charge in [0.2, 0.25) is 10.0 Å². The van der Waals surface area contributed by atoms with Gasteiger partial charge in [-0.05, 0) is 74.1 Å². The van der Waals surface area contributed by atoms with E-state index in [1.54, 1.807) is 19.1 Å². The zero-order valence-electron chi connectivity index (χ0n) is 18.9. The summed E-state index contributed by atoms with van der Waals surface area (Å²) in [5.74, 6) is -2.02. The van der Waals surface area contributed by atoms with Gasteiger partial charge >= 0.3 is 11.8 Å².